The molecule has 2 aromatic rings. The molecule has 0 radical (unpaired) electrons. The molecule has 3 nitrogen and oxygen atoms in total. The molecule has 1 heterocycles. The summed E-state index contributed by atoms with van der Waals surface area (Å²) >= 11 is 5.95. The monoisotopic (exact) mass is 276 g/mol. The number of benzene rings is 1. The molecule has 0 bridgehead atoms. The molecule has 2 rings (SSSR count). The minimum atomic E-state index is 0.417. The maximum Gasteiger partial charge on any atom is 0.226 e. The lowest BCUT2D eigenvalue weighted by Crippen LogP contribution is -1.96. The third kappa shape index (κ3) is 3.04. The third-order valence-electron chi connectivity index (χ3n) is 3.05. The van der Waals surface area contributed by atoms with Crippen LogP contribution in [0, 0.1) is 13.8 Å². The fourth-order valence-electron chi connectivity index (χ4n) is 1.99. The van der Waals surface area contributed by atoms with Crippen LogP contribution in [0.2, 0.25) is 5.15 Å². The molecular formula is C15H17ClN2O. The first-order chi connectivity index (χ1) is 8.99. The Balaban J connectivity index is 2.29. The van der Waals surface area contributed by atoms with Crippen LogP contribution in [-0.4, -0.2) is 9.97 Å². The Morgan fingerprint density at radius 3 is 2.53 bits per heavy atom. The topological polar surface area (TPSA) is 35.0 Å². The van der Waals surface area contributed by atoms with Crippen molar-refractivity contribution in [1.29, 1.82) is 0 Å². The lowest BCUT2D eigenvalue weighted by molar-refractivity contribution is 0.456. The van der Waals surface area contributed by atoms with Crippen molar-refractivity contribution in [2.24, 2.45) is 0 Å². The molecule has 0 aliphatic carbocycles. The van der Waals surface area contributed by atoms with Gasteiger partial charge in [-0.25, -0.2) is 9.97 Å². The molecule has 0 atom stereocenters. The highest BCUT2D eigenvalue weighted by molar-refractivity contribution is 6.30. The Morgan fingerprint density at radius 1 is 1.16 bits per heavy atom. The maximum atomic E-state index is 5.95. The molecule has 0 unspecified atom stereocenters. The van der Waals surface area contributed by atoms with E-state index in [0.717, 1.165) is 11.3 Å². The first-order valence-corrected chi connectivity index (χ1v) is 6.62. The number of rotatable bonds is 3. The number of halogens is 1. The van der Waals surface area contributed by atoms with Crippen molar-refractivity contribution in [2.45, 2.75) is 33.6 Å². The normalized spacial score (nSPS) is 10.8. The molecule has 0 fully saturated rings. The molecule has 0 amide bonds. The summed E-state index contributed by atoms with van der Waals surface area (Å²) in [5, 5.41) is 0.417. The van der Waals surface area contributed by atoms with E-state index < -0.39 is 0 Å². The summed E-state index contributed by atoms with van der Waals surface area (Å²) in [5.41, 5.74) is 3.28. The summed E-state index contributed by atoms with van der Waals surface area (Å²) in [6.07, 6.45) is 1.40. The molecule has 0 saturated heterocycles. The number of hydrogen-bond donors (Lipinski definition) is 0. The van der Waals surface area contributed by atoms with Crippen molar-refractivity contribution in [3.63, 3.8) is 0 Å². The van der Waals surface area contributed by atoms with Crippen LogP contribution in [0.4, 0.5) is 0 Å². The molecule has 4 heteroatoms. The summed E-state index contributed by atoms with van der Waals surface area (Å²) in [4.78, 5) is 8.01. The van der Waals surface area contributed by atoms with E-state index >= 15 is 0 Å². The van der Waals surface area contributed by atoms with Crippen LogP contribution in [0.5, 0.6) is 11.6 Å². The summed E-state index contributed by atoms with van der Waals surface area (Å²) in [6.45, 7) is 8.28. The average molecular weight is 277 g/mol. The number of aromatic nitrogens is 2. The number of aryl methyl sites for hydroxylation is 1. The van der Waals surface area contributed by atoms with Crippen molar-refractivity contribution in [1.82, 2.24) is 9.97 Å². The van der Waals surface area contributed by atoms with Gasteiger partial charge in [-0.15, -0.1) is 0 Å². The zero-order chi connectivity index (χ0) is 14.0. The van der Waals surface area contributed by atoms with Crippen molar-refractivity contribution in [3.8, 4) is 11.6 Å². The van der Waals surface area contributed by atoms with Crippen molar-refractivity contribution < 1.29 is 4.74 Å². The Hall–Kier alpha value is -1.61. The van der Waals surface area contributed by atoms with E-state index in [1.807, 2.05) is 19.1 Å². The van der Waals surface area contributed by atoms with Gasteiger partial charge in [-0.3, -0.25) is 0 Å². The second-order valence-corrected chi connectivity index (χ2v) is 5.23. The van der Waals surface area contributed by atoms with E-state index in [0.29, 0.717) is 17.0 Å². The second kappa shape index (κ2) is 5.57. The molecule has 0 aliphatic rings. The van der Waals surface area contributed by atoms with Gasteiger partial charge in [0.15, 0.2) is 0 Å². The molecule has 1 aromatic heterocycles. The van der Waals surface area contributed by atoms with Gasteiger partial charge in [0.05, 0.1) is 0 Å². The van der Waals surface area contributed by atoms with Gasteiger partial charge in [-0.1, -0.05) is 31.5 Å². The first-order valence-electron chi connectivity index (χ1n) is 6.24. The van der Waals surface area contributed by atoms with E-state index in [2.05, 4.69) is 36.8 Å². The second-order valence-electron chi connectivity index (χ2n) is 4.87. The molecule has 1 aromatic carbocycles. The Kier molecular flexibility index (Phi) is 4.05. The van der Waals surface area contributed by atoms with Crippen LogP contribution >= 0.6 is 11.6 Å². The summed E-state index contributed by atoms with van der Waals surface area (Å²) in [6, 6.07) is 6.07. The predicted molar refractivity (Wildman–Crippen MR) is 77.1 cm³/mol. The zero-order valence-electron chi connectivity index (χ0n) is 11.6. The van der Waals surface area contributed by atoms with Crippen molar-refractivity contribution in [2.75, 3.05) is 0 Å². The maximum absolute atomic E-state index is 5.95. The van der Waals surface area contributed by atoms with Crippen LogP contribution in [0.1, 0.15) is 36.5 Å². The van der Waals surface area contributed by atoms with Gasteiger partial charge in [0, 0.05) is 5.56 Å². The Labute approximate surface area is 118 Å². The predicted octanol–water partition coefficient (Wildman–Crippen LogP) is 4.66. The van der Waals surface area contributed by atoms with Gasteiger partial charge < -0.3 is 4.74 Å². The Morgan fingerprint density at radius 2 is 1.89 bits per heavy atom. The van der Waals surface area contributed by atoms with Crippen LogP contribution in [0.3, 0.4) is 0 Å². The van der Waals surface area contributed by atoms with E-state index in [1.165, 1.54) is 17.5 Å². The molecule has 19 heavy (non-hydrogen) atoms. The largest absolute Gasteiger partial charge is 0.439 e. The summed E-state index contributed by atoms with van der Waals surface area (Å²) in [7, 11) is 0. The van der Waals surface area contributed by atoms with Crippen molar-refractivity contribution >= 4 is 11.6 Å². The molecule has 0 spiro atoms. The minimum absolute atomic E-state index is 0.417. The zero-order valence-corrected chi connectivity index (χ0v) is 12.3. The molecule has 100 valence electrons. The highest BCUT2D eigenvalue weighted by atomic mass is 35.5. The molecule has 0 saturated carbocycles. The van der Waals surface area contributed by atoms with Gasteiger partial charge in [0.25, 0.3) is 0 Å². The van der Waals surface area contributed by atoms with Crippen molar-refractivity contribution in [3.05, 3.63) is 46.4 Å². The Bertz CT molecular complexity index is 597. The van der Waals surface area contributed by atoms with Crippen LogP contribution < -0.4 is 4.74 Å². The van der Waals surface area contributed by atoms with Crippen LogP contribution in [0.15, 0.2) is 24.5 Å². The van der Waals surface area contributed by atoms with E-state index in [4.69, 9.17) is 16.3 Å². The fourth-order valence-corrected chi connectivity index (χ4v) is 2.11. The lowest BCUT2D eigenvalue weighted by atomic mass is 9.98. The number of hydrogen-bond acceptors (Lipinski definition) is 3. The lowest BCUT2D eigenvalue weighted by Gasteiger charge is -2.12. The van der Waals surface area contributed by atoms with Gasteiger partial charge in [0.1, 0.15) is 17.2 Å². The van der Waals surface area contributed by atoms with E-state index in [-0.39, 0.29) is 0 Å². The molecule has 0 N–H and O–H groups in total. The highest BCUT2D eigenvalue weighted by Gasteiger charge is 2.09. The quantitative estimate of drug-likeness (QED) is 0.765. The third-order valence-corrected chi connectivity index (χ3v) is 3.44. The fraction of sp³-hybridized carbons (Fsp3) is 0.333. The van der Waals surface area contributed by atoms with Crippen LogP contribution in [-0.2, 0) is 0 Å². The molecular weight excluding hydrogens is 260 g/mol. The van der Waals surface area contributed by atoms with Crippen LogP contribution in [0.25, 0.3) is 0 Å². The van der Waals surface area contributed by atoms with Gasteiger partial charge in [0.2, 0.25) is 5.88 Å². The van der Waals surface area contributed by atoms with Gasteiger partial charge in [-0.2, -0.15) is 0 Å². The summed E-state index contributed by atoms with van der Waals surface area (Å²) in [5.74, 6) is 1.76. The first kappa shape index (κ1) is 13.8. The van der Waals surface area contributed by atoms with E-state index in [1.54, 1.807) is 0 Å². The average Bonchev–Trinajstić information content (AvgIpc) is 2.34. The van der Waals surface area contributed by atoms with E-state index in [9.17, 15) is 0 Å². The highest BCUT2D eigenvalue weighted by Crippen LogP contribution is 2.29. The minimum Gasteiger partial charge on any atom is -0.439 e. The standard InChI is InChI=1S/C15H17ClN2O/c1-9(2)13-6-5-12(7-10(13)3)19-15-11(4)14(16)17-8-18-15/h5-9H,1-4H3. The summed E-state index contributed by atoms with van der Waals surface area (Å²) < 4.78 is 5.77. The van der Waals surface area contributed by atoms with Gasteiger partial charge in [-0.05, 0) is 43.0 Å². The van der Waals surface area contributed by atoms with Gasteiger partial charge >= 0.3 is 0 Å². The number of nitrogens with zero attached hydrogens (tertiary/aromatic N) is 2. The smallest absolute Gasteiger partial charge is 0.226 e. The SMILES string of the molecule is Cc1cc(Oc2ncnc(Cl)c2C)ccc1C(C)C. The number of ether oxygens (including phenoxy) is 1. The molecule has 0 aliphatic heterocycles.